The van der Waals surface area contributed by atoms with Crippen LogP contribution in [0.25, 0.3) is 17.1 Å². The second-order valence-corrected chi connectivity index (χ2v) is 9.81. The number of rotatable bonds is 7. The lowest BCUT2D eigenvalue weighted by molar-refractivity contribution is -0.118. The van der Waals surface area contributed by atoms with Gasteiger partial charge in [-0.05, 0) is 48.9 Å². The second-order valence-electron chi connectivity index (χ2n) is 7.13. The molecule has 34 heavy (non-hydrogen) atoms. The van der Waals surface area contributed by atoms with Crippen LogP contribution < -0.4 is 5.43 Å². The van der Waals surface area contributed by atoms with Crippen molar-refractivity contribution in [3.63, 3.8) is 0 Å². The summed E-state index contributed by atoms with van der Waals surface area (Å²) in [7, 11) is 0. The minimum Gasteiger partial charge on any atom is -0.272 e. The average Bonchev–Trinajstić information content (AvgIpc) is 3.28. The average molecular weight is 575 g/mol. The zero-order valence-electron chi connectivity index (χ0n) is 17.9. The van der Waals surface area contributed by atoms with Crippen molar-refractivity contribution in [2.24, 2.45) is 5.10 Å². The van der Waals surface area contributed by atoms with E-state index in [0.29, 0.717) is 26.7 Å². The molecule has 0 saturated heterocycles. The summed E-state index contributed by atoms with van der Waals surface area (Å²) in [5, 5.41) is 14.4. The predicted octanol–water partition coefficient (Wildman–Crippen LogP) is 6.64. The van der Waals surface area contributed by atoms with E-state index in [1.54, 1.807) is 25.1 Å². The SMILES string of the molecule is C/C(=N\NC(=O)CSc1nnc(-c2ccccc2)n1-c1ccc(Br)cc1)c1ccc(Cl)c(Cl)c1. The maximum Gasteiger partial charge on any atom is 0.250 e. The van der Waals surface area contributed by atoms with E-state index in [1.807, 2.05) is 59.2 Å². The molecule has 0 aliphatic rings. The van der Waals surface area contributed by atoms with Crippen LogP contribution in [0.2, 0.25) is 10.0 Å². The van der Waals surface area contributed by atoms with E-state index in [1.165, 1.54) is 11.8 Å². The van der Waals surface area contributed by atoms with Gasteiger partial charge in [0.25, 0.3) is 5.91 Å². The van der Waals surface area contributed by atoms with Gasteiger partial charge in [-0.25, -0.2) is 5.43 Å². The highest BCUT2D eigenvalue weighted by molar-refractivity contribution is 9.10. The molecule has 0 fully saturated rings. The Kier molecular flexibility index (Phi) is 8.05. The van der Waals surface area contributed by atoms with Crippen LogP contribution in [0.1, 0.15) is 12.5 Å². The molecule has 0 spiro atoms. The van der Waals surface area contributed by atoms with Gasteiger partial charge in [0.1, 0.15) is 0 Å². The van der Waals surface area contributed by atoms with Gasteiger partial charge in [-0.1, -0.05) is 87.3 Å². The Balaban J connectivity index is 1.51. The first-order valence-corrected chi connectivity index (χ1v) is 12.6. The monoisotopic (exact) mass is 573 g/mol. The van der Waals surface area contributed by atoms with E-state index >= 15 is 0 Å². The van der Waals surface area contributed by atoms with Gasteiger partial charge < -0.3 is 0 Å². The number of hydrogen-bond donors (Lipinski definition) is 1. The molecule has 1 heterocycles. The fourth-order valence-corrected chi connectivity index (χ4v) is 4.36. The third-order valence-electron chi connectivity index (χ3n) is 4.77. The van der Waals surface area contributed by atoms with Gasteiger partial charge in [-0.2, -0.15) is 5.10 Å². The number of thioether (sulfide) groups is 1. The van der Waals surface area contributed by atoms with Crippen LogP contribution in [0, 0.1) is 0 Å². The topological polar surface area (TPSA) is 72.2 Å². The Morgan fingerprint density at radius 1 is 1.03 bits per heavy atom. The van der Waals surface area contributed by atoms with Crippen LogP contribution >= 0.6 is 50.9 Å². The minimum absolute atomic E-state index is 0.113. The molecule has 10 heteroatoms. The van der Waals surface area contributed by atoms with E-state index in [2.05, 4.69) is 36.7 Å². The largest absolute Gasteiger partial charge is 0.272 e. The molecule has 0 atom stereocenters. The normalized spacial score (nSPS) is 11.5. The zero-order valence-corrected chi connectivity index (χ0v) is 21.8. The summed E-state index contributed by atoms with van der Waals surface area (Å²) in [6, 6.07) is 22.8. The Bertz CT molecular complexity index is 1340. The first-order chi connectivity index (χ1) is 16.4. The Labute approximate surface area is 219 Å². The van der Waals surface area contributed by atoms with Crippen LogP contribution in [0.15, 0.2) is 87.5 Å². The molecule has 0 aliphatic carbocycles. The molecule has 172 valence electrons. The van der Waals surface area contributed by atoms with E-state index in [-0.39, 0.29) is 11.7 Å². The molecule has 0 saturated carbocycles. The van der Waals surface area contributed by atoms with Crippen molar-refractivity contribution in [1.82, 2.24) is 20.2 Å². The minimum atomic E-state index is -0.268. The molecule has 4 rings (SSSR count). The standard InChI is InChI=1S/C24H18BrCl2N5OS/c1-15(17-7-12-20(26)21(27)13-17)28-29-22(33)14-34-24-31-30-23(16-5-3-2-4-6-16)32(24)19-10-8-18(25)9-11-19/h2-13H,14H2,1H3,(H,29,33)/b28-15+. The summed E-state index contributed by atoms with van der Waals surface area (Å²) in [5.74, 6) is 0.539. The number of nitrogens with zero attached hydrogens (tertiary/aromatic N) is 4. The number of carbonyl (C=O) groups excluding carboxylic acids is 1. The van der Waals surface area contributed by atoms with Crippen molar-refractivity contribution in [2.75, 3.05) is 5.75 Å². The fraction of sp³-hybridized carbons (Fsp3) is 0.0833. The molecular formula is C24H18BrCl2N5OS. The highest BCUT2D eigenvalue weighted by Crippen LogP contribution is 2.28. The highest BCUT2D eigenvalue weighted by Gasteiger charge is 2.17. The summed E-state index contributed by atoms with van der Waals surface area (Å²) >= 11 is 16.8. The predicted molar refractivity (Wildman–Crippen MR) is 142 cm³/mol. The van der Waals surface area contributed by atoms with Crippen LogP contribution in [-0.4, -0.2) is 32.1 Å². The molecular weight excluding hydrogens is 557 g/mol. The lowest BCUT2D eigenvalue weighted by Gasteiger charge is -2.10. The van der Waals surface area contributed by atoms with Crippen LogP contribution in [-0.2, 0) is 4.79 Å². The summed E-state index contributed by atoms with van der Waals surface area (Å²) in [4.78, 5) is 12.5. The van der Waals surface area contributed by atoms with Gasteiger partial charge in [0, 0.05) is 15.7 Å². The number of halogens is 3. The number of carbonyl (C=O) groups is 1. The fourth-order valence-electron chi connectivity index (χ4n) is 3.05. The molecule has 6 nitrogen and oxygen atoms in total. The third kappa shape index (κ3) is 5.88. The van der Waals surface area contributed by atoms with Crippen molar-refractivity contribution < 1.29 is 4.79 Å². The lowest BCUT2D eigenvalue weighted by Crippen LogP contribution is -2.21. The zero-order chi connectivity index (χ0) is 24.1. The number of hydrazone groups is 1. The Hall–Kier alpha value is -2.65. The molecule has 0 bridgehead atoms. The summed E-state index contributed by atoms with van der Waals surface area (Å²) < 4.78 is 2.90. The van der Waals surface area contributed by atoms with E-state index in [4.69, 9.17) is 23.2 Å². The van der Waals surface area contributed by atoms with E-state index < -0.39 is 0 Å². The first-order valence-electron chi connectivity index (χ1n) is 10.1. The number of aromatic nitrogens is 3. The van der Waals surface area contributed by atoms with Gasteiger partial charge >= 0.3 is 0 Å². The van der Waals surface area contributed by atoms with Crippen molar-refractivity contribution in [2.45, 2.75) is 12.1 Å². The number of hydrogen-bond acceptors (Lipinski definition) is 5. The van der Waals surface area contributed by atoms with Crippen LogP contribution in [0.5, 0.6) is 0 Å². The van der Waals surface area contributed by atoms with Crippen molar-refractivity contribution in [1.29, 1.82) is 0 Å². The summed E-state index contributed by atoms with van der Waals surface area (Å²) in [6.45, 7) is 1.78. The molecule has 3 aromatic carbocycles. The van der Waals surface area contributed by atoms with Crippen molar-refractivity contribution >= 4 is 62.5 Å². The first kappa shape index (κ1) is 24.5. The lowest BCUT2D eigenvalue weighted by atomic mass is 10.1. The van der Waals surface area contributed by atoms with Gasteiger partial charge in [0.2, 0.25) is 0 Å². The number of amides is 1. The maximum atomic E-state index is 12.5. The van der Waals surface area contributed by atoms with Crippen molar-refractivity contribution in [3.8, 4) is 17.1 Å². The van der Waals surface area contributed by atoms with Crippen LogP contribution in [0.4, 0.5) is 0 Å². The van der Waals surface area contributed by atoms with E-state index in [0.717, 1.165) is 21.3 Å². The van der Waals surface area contributed by atoms with Gasteiger partial charge in [0.05, 0.1) is 21.5 Å². The Morgan fingerprint density at radius 2 is 1.76 bits per heavy atom. The molecule has 1 N–H and O–H groups in total. The molecule has 1 amide bonds. The molecule has 1 aromatic heterocycles. The maximum absolute atomic E-state index is 12.5. The highest BCUT2D eigenvalue weighted by atomic mass is 79.9. The number of benzene rings is 3. The van der Waals surface area contributed by atoms with Gasteiger partial charge in [-0.15, -0.1) is 10.2 Å². The molecule has 0 unspecified atom stereocenters. The molecule has 0 aliphatic heterocycles. The third-order valence-corrected chi connectivity index (χ3v) is 6.96. The quantitative estimate of drug-likeness (QED) is 0.153. The summed E-state index contributed by atoms with van der Waals surface area (Å²) in [6.07, 6.45) is 0. The molecule has 4 aromatic rings. The van der Waals surface area contributed by atoms with Crippen molar-refractivity contribution in [3.05, 3.63) is 92.9 Å². The van der Waals surface area contributed by atoms with E-state index in [9.17, 15) is 4.79 Å². The van der Waals surface area contributed by atoms with Crippen LogP contribution in [0.3, 0.4) is 0 Å². The molecule has 0 radical (unpaired) electrons. The second kappa shape index (κ2) is 11.2. The smallest absolute Gasteiger partial charge is 0.250 e. The van der Waals surface area contributed by atoms with Gasteiger partial charge in [-0.3, -0.25) is 9.36 Å². The van der Waals surface area contributed by atoms with Gasteiger partial charge in [0.15, 0.2) is 11.0 Å². The Morgan fingerprint density at radius 3 is 2.47 bits per heavy atom. The summed E-state index contributed by atoms with van der Waals surface area (Å²) in [5.41, 5.74) is 5.78. The number of nitrogens with one attached hydrogen (secondary N) is 1.